The van der Waals surface area contributed by atoms with Crippen LogP contribution in [-0.4, -0.2) is 47.9 Å². The lowest BCUT2D eigenvalue weighted by atomic mass is 10.0. The van der Waals surface area contributed by atoms with Crippen LogP contribution in [0.25, 0.3) is 0 Å². The number of hydrogen-bond donors (Lipinski definition) is 0. The van der Waals surface area contributed by atoms with Crippen LogP contribution in [0.3, 0.4) is 0 Å². The Morgan fingerprint density at radius 3 is 2.75 bits per heavy atom. The maximum absolute atomic E-state index is 12.9. The fourth-order valence-corrected chi connectivity index (χ4v) is 4.75. The summed E-state index contributed by atoms with van der Waals surface area (Å²) in [4.78, 5) is 18.5. The number of carbonyl (C=O) groups is 1. The van der Waals surface area contributed by atoms with Crippen molar-refractivity contribution >= 4 is 17.2 Å². The van der Waals surface area contributed by atoms with Gasteiger partial charge in [0.25, 0.3) is 5.91 Å². The Hall–Kier alpha value is -0.870. The van der Waals surface area contributed by atoms with Crippen molar-refractivity contribution in [3.63, 3.8) is 0 Å². The number of thiophene rings is 1. The zero-order chi connectivity index (χ0) is 14.1. The van der Waals surface area contributed by atoms with Gasteiger partial charge in [-0.1, -0.05) is 6.92 Å². The van der Waals surface area contributed by atoms with Crippen LogP contribution in [0.4, 0.5) is 0 Å². The number of aryl methyl sites for hydroxylation is 1. The van der Waals surface area contributed by atoms with Crippen LogP contribution in [-0.2, 0) is 6.42 Å². The number of carbonyl (C=O) groups excluding carboxylic acids is 1. The highest BCUT2D eigenvalue weighted by atomic mass is 32.1. The van der Waals surface area contributed by atoms with E-state index in [1.54, 1.807) is 11.3 Å². The molecule has 2 atom stereocenters. The van der Waals surface area contributed by atoms with Gasteiger partial charge in [0.05, 0.1) is 4.88 Å². The summed E-state index contributed by atoms with van der Waals surface area (Å²) in [5.41, 5.74) is 1.21. The second kappa shape index (κ2) is 5.86. The normalized spacial score (nSPS) is 27.4. The first-order valence-electron chi connectivity index (χ1n) is 7.80. The van der Waals surface area contributed by atoms with Crippen LogP contribution in [0.15, 0.2) is 11.4 Å². The molecule has 4 heteroatoms. The first-order chi connectivity index (χ1) is 9.72. The fourth-order valence-electron chi connectivity index (χ4n) is 3.80. The van der Waals surface area contributed by atoms with Gasteiger partial charge in [0, 0.05) is 18.6 Å². The van der Waals surface area contributed by atoms with Crippen LogP contribution in [0, 0.1) is 0 Å². The summed E-state index contributed by atoms with van der Waals surface area (Å²) in [6.45, 7) is 4.25. The smallest absolute Gasteiger partial charge is 0.264 e. The number of nitrogens with zero attached hydrogens (tertiary/aromatic N) is 2. The molecule has 2 aliphatic heterocycles. The molecule has 0 aromatic carbocycles. The van der Waals surface area contributed by atoms with Gasteiger partial charge in [-0.25, -0.2) is 0 Å². The maximum Gasteiger partial charge on any atom is 0.264 e. The Morgan fingerprint density at radius 1 is 1.30 bits per heavy atom. The largest absolute Gasteiger partial charge is 0.333 e. The molecule has 0 bridgehead atoms. The van der Waals surface area contributed by atoms with Gasteiger partial charge in [-0.3, -0.25) is 4.79 Å². The Balaban J connectivity index is 1.80. The number of rotatable bonds is 3. The predicted molar refractivity (Wildman–Crippen MR) is 83.4 cm³/mol. The molecule has 1 amide bonds. The van der Waals surface area contributed by atoms with E-state index >= 15 is 0 Å². The van der Waals surface area contributed by atoms with Gasteiger partial charge in [-0.05, 0) is 62.7 Å². The van der Waals surface area contributed by atoms with Crippen LogP contribution in [0.2, 0.25) is 0 Å². The molecule has 3 heterocycles. The number of amides is 1. The molecule has 1 aromatic rings. The first-order valence-corrected chi connectivity index (χ1v) is 8.68. The van der Waals surface area contributed by atoms with Crippen LogP contribution >= 0.6 is 11.3 Å². The molecule has 0 N–H and O–H groups in total. The van der Waals surface area contributed by atoms with Gasteiger partial charge in [-0.15, -0.1) is 11.3 Å². The standard InChI is InChI=1S/C16H24N2OS/c1-3-12-8-11-20-15(12)16(19)18-10-5-7-14(18)13-6-4-9-17(13)2/h8,11,13-14H,3-7,9-10H2,1-2H3/t13-,14-/m0/s1. The summed E-state index contributed by atoms with van der Waals surface area (Å²) in [6.07, 6.45) is 5.81. The van der Waals surface area contributed by atoms with E-state index in [0.717, 1.165) is 24.3 Å². The van der Waals surface area contributed by atoms with Crippen LogP contribution in [0.5, 0.6) is 0 Å². The van der Waals surface area contributed by atoms with E-state index in [1.165, 1.54) is 31.4 Å². The molecule has 3 nitrogen and oxygen atoms in total. The van der Waals surface area contributed by atoms with Gasteiger partial charge in [0.1, 0.15) is 0 Å². The minimum absolute atomic E-state index is 0.277. The second-order valence-corrected chi connectivity index (χ2v) is 6.94. The average Bonchev–Trinajstić information content (AvgIpc) is 3.17. The lowest BCUT2D eigenvalue weighted by molar-refractivity contribution is 0.0668. The molecule has 0 unspecified atom stereocenters. The fraction of sp³-hybridized carbons (Fsp3) is 0.688. The molecule has 110 valence electrons. The van der Waals surface area contributed by atoms with Crippen molar-refractivity contribution in [3.05, 3.63) is 21.9 Å². The van der Waals surface area contributed by atoms with E-state index in [2.05, 4.69) is 35.2 Å². The number of hydrogen-bond acceptors (Lipinski definition) is 3. The van der Waals surface area contributed by atoms with E-state index in [9.17, 15) is 4.79 Å². The molecular formula is C16H24N2OS. The minimum atomic E-state index is 0.277. The van der Waals surface area contributed by atoms with Crippen molar-refractivity contribution in [3.8, 4) is 0 Å². The lowest BCUT2D eigenvalue weighted by Gasteiger charge is -2.33. The zero-order valence-electron chi connectivity index (χ0n) is 12.5. The summed E-state index contributed by atoms with van der Waals surface area (Å²) in [5.74, 6) is 0.277. The Labute approximate surface area is 125 Å². The summed E-state index contributed by atoms with van der Waals surface area (Å²) in [7, 11) is 2.21. The molecule has 0 saturated carbocycles. The topological polar surface area (TPSA) is 23.6 Å². The number of likely N-dealkylation sites (tertiary alicyclic amines) is 2. The molecule has 2 saturated heterocycles. The zero-order valence-corrected chi connectivity index (χ0v) is 13.3. The highest BCUT2D eigenvalue weighted by Gasteiger charge is 2.39. The van der Waals surface area contributed by atoms with Crippen molar-refractivity contribution in [1.82, 2.24) is 9.80 Å². The average molecular weight is 292 g/mol. The third-order valence-corrected chi connectivity index (χ3v) is 5.85. The van der Waals surface area contributed by atoms with Crippen molar-refractivity contribution in [1.29, 1.82) is 0 Å². The predicted octanol–water partition coefficient (Wildman–Crippen LogP) is 3.01. The molecule has 0 spiro atoms. The highest BCUT2D eigenvalue weighted by Crippen LogP contribution is 2.31. The van der Waals surface area contributed by atoms with Gasteiger partial charge in [0.15, 0.2) is 0 Å². The van der Waals surface area contributed by atoms with E-state index in [-0.39, 0.29) is 5.91 Å². The molecule has 2 fully saturated rings. The van der Waals surface area contributed by atoms with Gasteiger partial charge in [-0.2, -0.15) is 0 Å². The summed E-state index contributed by atoms with van der Waals surface area (Å²) < 4.78 is 0. The minimum Gasteiger partial charge on any atom is -0.333 e. The molecule has 2 aliphatic rings. The molecular weight excluding hydrogens is 268 g/mol. The molecule has 0 radical (unpaired) electrons. The lowest BCUT2D eigenvalue weighted by Crippen LogP contribution is -2.47. The monoisotopic (exact) mass is 292 g/mol. The second-order valence-electron chi connectivity index (χ2n) is 6.03. The first kappa shape index (κ1) is 14.1. The van der Waals surface area contributed by atoms with Crippen molar-refractivity contribution in [2.75, 3.05) is 20.1 Å². The molecule has 3 rings (SSSR count). The Morgan fingerprint density at radius 2 is 2.05 bits per heavy atom. The Bertz CT molecular complexity index is 485. The molecule has 20 heavy (non-hydrogen) atoms. The quantitative estimate of drug-likeness (QED) is 0.855. The number of likely N-dealkylation sites (N-methyl/N-ethyl adjacent to an activating group) is 1. The molecule has 1 aromatic heterocycles. The van der Waals surface area contributed by atoms with Gasteiger partial charge >= 0.3 is 0 Å². The SMILES string of the molecule is CCc1ccsc1C(=O)N1CCC[C@H]1[C@@H]1CCCN1C. The van der Waals surface area contributed by atoms with E-state index in [0.29, 0.717) is 12.1 Å². The van der Waals surface area contributed by atoms with Gasteiger partial charge < -0.3 is 9.80 Å². The van der Waals surface area contributed by atoms with Crippen molar-refractivity contribution in [2.24, 2.45) is 0 Å². The summed E-state index contributed by atoms with van der Waals surface area (Å²) >= 11 is 1.61. The van der Waals surface area contributed by atoms with E-state index in [4.69, 9.17) is 0 Å². The van der Waals surface area contributed by atoms with Crippen molar-refractivity contribution in [2.45, 2.75) is 51.1 Å². The van der Waals surface area contributed by atoms with Crippen LogP contribution in [0.1, 0.15) is 47.8 Å². The van der Waals surface area contributed by atoms with Crippen molar-refractivity contribution < 1.29 is 4.79 Å². The molecule has 0 aliphatic carbocycles. The summed E-state index contributed by atoms with van der Waals surface area (Å²) in [5, 5.41) is 2.05. The Kier molecular flexibility index (Phi) is 4.13. The van der Waals surface area contributed by atoms with E-state index in [1.807, 2.05) is 0 Å². The maximum atomic E-state index is 12.9. The highest BCUT2D eigenvalue weighted by molar-refractivity contribution is 7.12. The third kappa shape index (κ3) is 2.40. The third-order valence-electron chi connectivity index (χ3n) is 4.90. The summed E-state index contributed by atoms with van der Waals surface area (Å²) in [6, 6.07) is 3.11. The van der Waals surface area contributed by atoms with Crippen LogP contribution < -0.4 is 0 Å². The van der Waals surface area contributed by atoms with Gasteiger partial charge in [0.2, 0.25) is 0 Å². The van der Waals surface area contributed by atoms with E-state index < -0.39 is 0 Å².